The predicted molar refractivity (Wildman–Crippen MR) is 106 cm³/mol. The van der Waals surface area contributed by atoms with Crippen molar-refractivity contribution in [3.05, 3.63) is 14.0 Å². The fourth-order valence-corrected chi connectivity index (χ4v) is 6.38. The summed E-state index contributed by atoms with van der Waals surface area (Å²) in [5, 5.41) is 0. The first-order valence-corrected chi connectivity index (χ1v) is 20.0. The van der Waals surface area contributed by atoms with Gasteiger partial charge in [-0.25, -0.2) is 0 Å². The second kappa shape index (κ2) is 10.4. The Hall–Kier alpha value is 2.21. The normalized spacial score (nSPS) is 35.1. The zero-order valence-electron chi connectivity index (χ0n) is 13.3. The average Bonchev–Trinajstić information content (AvgIpc) is 3.05. The first-order chi connectivity index (χ1) is 9.99. The van der Waals surface area contributed by atoms with Gasteiger partial charge in [0.25, 0.3) is 8.74 Å². The van der Waals surface area contributed by atoms with E-state index in [9.17, 15) is 8.22 Å². The Balaban J connectivity index is 0.000000562. The van der Waals surface area contributed by atoms with Crippen molar-refractivity contribution in [2.24, 2.45) is 11.8 Å². The number of halogens is 4. The number of hydrogen-bond acceptors (Lipinski definition) is 1. The van der Waals surface area contributed by atoms with E-state index in [1.807, 2.05) is 0 Å². The zero-order valence-corrected chi connectivity index (χ0v) is 20.2. The third kappa shape index (κ3) is 5.61. The van der Waals surface area contributed by atoms with Crippen molar-refractivity contribution >= 4 is 47.1 Å². The molecule has 1 saturated heterocycles. The Bertz CT molecular complexity index is 327. The molecule has 0 aromatic heterocycles. The summed E-state index contributed by atoms with van der Waals surface area (Å²) in [6.45, 7) is 5.58. The Labute approximate surface area is 165 Å². The van der Waals surface area contributed by atoms with Gasteiger partial charge in [-0.2, -0.15) is 0 Å². The Morgan fingerprint density at radius 1 is 1.00 bits per heavy atom. The van der Waals surface area contributed by atoms with Gasteiger partial charge in [0.05, 0.1) is 0 Å². The maximum atomic E-state index is 13.9. The van der Waals surface area contributed by atoms with Crippen LogP contribution in [0.5, 0.6) is 0 Å². The summed E-state index contributed by atoms with van der Waals surface area (Å²) < 4.78 is 27.7. The van der Waals surface area contributed by atoms with Crippen molar-refractivity contribution in [1.82, 2.24) is 4.90 Å². The summed E-state index contributed by atoms with van der Waals surface area (Å²) in [6, 6.07) is 0.461. The minimum absolute atomic E-state index is 0. The SMILES string of the molecule is [CH2-][Si](F)(F)C1CC(N2CCCC2)C2CCCCC21.[CH3-].[I][Ti][I]. The molecule has 1 heterocycles. The van der Waals surface area contributed by atoms with Gasteiger partial charge in [-0.1, -0.05) is 19.3 Å². The molecular formula is C15H27F2I2NSiTi-2. The molecule has 22 heavy (non-hydrogen) atoms. The summed E-state index contributed by atoms with van der Waals surface area (Å²) in [4.78, 5) is 2.52. The molecule has 0 spiro atoms. The molecule has 3 rings (SSSR count). The van der Waals surface area contributed by atoms with Gasteiger partial charge < -0.3 is 20.5 Å². The monoisotopic (exact) mass is 589 g/mol. The fourth-order valence-electron chi connectivity index (χ4n) is 4.75. The van der Waals surface area contributed by atoms with Crippen LogP contribution >= 0.6 is 38.4 Å². The molecule has 7 heteroatoms. The van der Waals surface area contributed by atoms with Gasteiger partial charge in [0.2, 0.25) is 0 Å². The summed E-state index contributed by atoms with van der Waals surface area (Å²) >= 11 is 5.24. The van der Waals surface area contributed by atoms with E-state index in [0.29, 0.717) is 29.5 Å². The molecular weight excluding hydrogens is 562 g/mol. The van der Waals surface area contributed by atoms with Gasteiger partial charge >= 0.3 is 50.0 Å². The van der Waals surface area contributed by atoms with Crippen LogP contribution in [-0.4, -0.2) is 32.8 Å². The molecule has 0 aromatic rings. The number of nitrogens with zero attached hydrogens (tertiary/aromatic N) is 1. The molecule has 1 nitrogen and oxygen atoms in total. The minimum atomic E-state index is -4.20. The van der Waals surface area contributed by atoms with E-state index in [4.69, 9.17) is 0 Å². The topological polar surface area (TPSA) is 3.24 Å². The molecule has 4 atom stereocenters. The van der Waals surface area contributed by atoms with E-state index in [1.165, 1.54) is 25.7 Å². The van der Waals surface area contributed by atoms with Crippen LogP contribution in [0.2, 0.25) is 5.54 Å². The third-order valence-corrected chi connectivity index (χ3v) is 7.28. The van der Waals surface area contributed by atoms with Gasteiger partial charge in [0.1, 0.15) is 0 Å². The molecule has 0 radical (unpaired) electrons. The first kappa shape index (κ1) is 22.3. The van der Waals surface area contributed by atoms with Crippen LogP contribution in [0, 0.1) is 25.8 Å². The molecule has 4 unspecified atom stereocenters. The van der Waals surface area contributed by atoms with Crippen LogP contribution < -0.4 is 0 Å². The molecule has 130 valence electrons. The van der Waals surface area contributed by atoms with Crippen molar-refractivity contribution in [2.45, 2.75) is 56.5 Å². The molecule has 2 saturated carbocycles. The molecule has 1 aliphatic heterocycles. The number of likely N-dealkylation sites (tertiary alicyclic amines) is 1. The van der Waals surface area contributed by atoms with Crippen LogP contribution in [0.25, 0.3) is 0 Å². The van der Waals surface area contributed by atoms with Gasteiger partial charge in [0.15, 0.2) is 0 Å². The summed E-state index contributed by atoms with van der Waals surface area (Å²) in [5.41, 5.74) is -0.326. The number of rotatable bonds is 2. The Morgan fingerprint density at radius 2 is 1.50 bits per heavy atom. The first-order valence-electron chi connectivity index (χ1n) is 7.92. The van der Waals surface area contributed by atoms with Crippen molar-refractivity contribution in [1.29, 1.82) is 0 Å². The Morgan fingerprint density at radius 3 is 2.00 bits per heavy atom. The average molecular weight is 589 g/mol. The second-order valence-corrected chi connectivity index (χ2v) is 22.0. The van der Waals surface area contributed by atoms with Crippen molar-refractivity contribution < 1.29 is 19.9 Å². The summed E-state index contributed by atoms with van der Waals surface area (Å²) in [7, 11) is -4.20. The zero-order chi connectivity index (χ0) is 15.5. The number of hydrogen-bond donors (Lipinski definition) is 0. The quantitative estimate of drug-likeness (QED) is 0.165. The second-order valence-electron chi connectivity index (χ2n) is 6.60. The van der Waals surface area contributed by atoms with E-state index in [0.717, 1.165) is 32.4 Å². The third-order valence-electron chi connectivity index (χ3n) is 5.53. The van der Waals surface area contributed by atoms with E-state index >= 15 is 0 Å². The Kier molecular flexibility index (Phi) is 10.5. The van der Waals surface area contributed by atoms with Crippen molar-refractivity contribution in [3.63, 3.8) is 0 Å². The van der Waals surface area contributed by atoms with Gasteiger partial charge in [-0.3, -0.25) is 6.55 Å². The molecule has 2 aliphatic carbocycles. The van der Waals surface area contributed by atoms with E-state index in [2.05, 4.69) is 49.8 Å². The van der Waals surface area contributed by atoms with Crippen LogP contribution in [0.3, 0.4) is 0 Å². The van der Waals surface area contributed by atoms with Crippen molar-refractivity contribution in [2.75, 3.05) is 13.1 Å². The molecule has 0 N–H and O–H groups in total. The summed E-state index contributed by atoms with van der Waals surface area (Å²) in [6.07, 6.45) is 7.91. The molecule has 3 fully saturated rings. The van der Waals surface area contributed by atoms with Gasteiger partial charge in [-0.15, -0.1) is 0 Å². The van der Waals surface area contributed by atoms with Gasteiger partial charge in [0, 0.05) is 6.04 Å². The van der Waals surface area contributed by atoms with E-state index < -0.39 is 8.74 Å². The van der Waals surface area contributed by atoms with Crippen LogP contribution in [0.1, 0.15) is 44.9 Å². The van der Waals surface area contributed by atoms with Crippen molar-refractivity contribution in [3.8, 4) is 0 Å². The van der Waals surface area contributed by atoms with Crippen LogP contribution in [0.4, 0.5) is 8.22 Å². The predicted octanol–water partition coefficient (Wildman–Crippen LogP) is 6.00. The van der Waals surface area contributed by atoms with Crippen LogP contribution in [-0.2, 0) is 11.7 Å². The molecule has 0 bridgehead atoms. The van der Waals surface area contributed by atoms with Crippen LogP contribution in [0.15, 0.2) is 0 Å². The van der Waals surface area contributed by atoms with Gasteiger partial charge in [-0.05, 0) is 56.1 Å². The van der Waals surface area contributed by atoms with E-state index in [-0.39, 0.29) is 13.0 Å². The standard InChI is InChI=1S/C14H24F2NSi.CH3.2HI.Ti/c1-18(15,16)14-10-13(17-8-4-5-9-17)11-6-2-3-7-12(11)14;;;;/h11-14H,1-10H2;1H3;2*1H;/q2*-1;;;+2/p-2. The summed E-state index contributed by atoms with van der Waals surface area (Å²) in [5.74, 6) is 0.852. The van der Waals surface area contributed by atoms with E-state index in [1.54, 1.807) is 0 Å². The maximum absolute atomic E-state index is 13.9. The number of fused-ring (bicyclic) bond motifs is 1. The molecule has 0 aromatic carbocycles. The molecule has 0 amide bonds. The fraction of sp³-hybridized carbons (Fsp3) is 0.867. The molecule has 3 aliphatic rings.